The molecule has 2 aromatic rings. The highest BCUT2D eigenvalue weighted by Gasteiger charge is 2.24. The monoisotopic (exact) mass is 378 g/mol. The number of rotatable bonds is 4. The SMILES string of the molecule is CNCC1CCN(C(=O)c2cc(-c3ccccc3)ccc2Cl)CC1.Cl. The molecule has 25 heavy (non-hydrogen) atoms. The molecule has 0 spiro atoms. The lowest BCUT2D eigenvalue weighted by atomic mass is 9.96. The summed E-state index contributed by atoms with van der Waals surface area (Å²) < 4.78 is 0. The van der Waals surface area contributed by atoms with Crippen LogP contribution in [0.1, 0.15) is 23.2 Å². The first kappa shape index (κ1) is 19.8. The third-order valence-corrected chi connectivity index (χ3v) is 5.03. The Morgan fingerprint density at radius 1 is 1.12 bits per heavy atom. The molecule has 1 amide bonds. The van der Waals surface area contributed by atoms with Crippen molar-refractivity contribution in [1.82, 2.24) is 10.2 Å². The van der Waals surface area contributed by atoms with Gasteiger partial charge in [-0.05, 0) is 55.6 Å². The largest absolute Gasteiger partial charge is 0.339 e. The van der Waals surface area contributed by atoms with Crippen molar-refractivity contribution in [3.05, 3.63) is 59.1 Å². The van der Waals surface area contributed by atoms with E-state index in [-0.39, 0.29) is 18.3 Å². The number of halogens is 2. The smallest absolute Gasteiger partial charge is 0.255 e. The Kier molecular flexibility index (Phi) is 7.30. The van der Waals surface area contributed by atoms with E-state index in [0.29, 0.717) is 16.5 Å². The Balaban J connectivity index is 0.00000225. The van der Waals surface area contributed by atoms with Crippen LogP contribution in [-0.4, -0.2) is 37.5 Å². The van der Waals surface area contributed by atoms with Crippen LogP contribution in [0.3, 0.4) is 0 Å². The number of nitrogens with zero attached hydrogens (tertiary/aromatic N) is 1. The number of amides is 1. The standard InChI is InChI=1S/C20H23ClN2O.ClH/c1-22-14-15-9-11-23(12-10-15)20(24)18-13-17(7-8-19(18)21)16-5-3-2-4-6-16;/h2-8,13,15,22H,9-12,14H2,1H3;1H. The minimum Gasteiger partial charge on any atom is -0.339 e. The van der Waals surface area contributed by atoms with Gasteiger partial charge in [0.25, 0.3) is 5.91 Å². The second-order valence-corrected chi connectivity index (χ2v) is 6.76. The van der Waals surface area contributed by atoms with Gasteiger partial charge in [-0.25, -0.2) is 0 Å². The summed E-state index contributed by atoms with van der Waals surface area (Å²) >= 11 is 6.32. The molecule has 0 saturated carbocycles. The lowest BCUT2D eigenvalue weighted by molar-refractivity contribution is 0.0691. The van der Waals surface area contributed by atoms with E-state index in [9.17, 15) is 4.79 Å². The lowest BCUT2D eigenvalue weighted by Crippen LogP contribution is -2.40. The summed E-state index contributed by atoms with van der Waals surface area (Å²) in [5.74, 6) is 0.700. The van der Waals surface area contributed by atoms with Gasteiger partial charge in [0, 0.05) is 13.1 Å². The van der Waals surface area contributed by atoms with Gasteiger partial charge in [-0.1, -0.05) is 48.0 Å². The topological polar surface area (TPSA) is 32.3 Å². The quantitative estimate of drug-likeness (QED) is 0.848. The molecule has 1 fully saturated rings. The molecule has 0 aliphatic carbocycles. The third kappa shape index (κ3) is 4.75. The van der Waals surface area contributed by atoms with Crippen LogP contribution in [0.5, 0.6) is 0 Å². The molecular formula is C20H24Cl2N2O. The molecule has 0 aromatic heterocycles. The Bertz CT molecular complexity index is 698. The summed E-state index contributed by atoms with van der Waals surface area (Å²) in [7, 11) is 1.98. The highest BCUT2D eigenvalue weighted by atomic mass is 35.5. The number of hydrogen-bond acceptors (Lipinski definition) is 2. The van der Waals surface area contributed by atoms with Crippen molar-refractivity contribution >= 4 is 29.9 Å². The fourth-order valence-corrected chi connectivity index (χ4v) is 3.50. The van der Waals surface area contributed by atoms with Crippen LogP contribution in [0.15, 0.2) is 48.5 Å². The summed E-state index contributed by atoms with van der Waals surface area (Å²) in [4.78, 5) is 14.8. The normalized spacial score (nSPS) is 14.9. The lowest BCUT2D eigenvalue weighted by Gasteiger charge is -2.32. The van der Waals surface area contributed by atoms with E-state index in [4.69, 9.17) is 11.6 Å². The van der Waals surface area contributed by atoms with Crippen LogP contribution in [0.25, 0.3) is 11.1 Å². The fraction of sp³-hybridized carbons (Fsp3) is 0.350. The Hall–Kier alpha value is -1.55. The average Bonchev–Trinajstić information content (AvgIpc) is 2.63. The van der Waals surface area contributed by atoms with E-state index in [1.54, 1.807) is 0 Å². The molecule has 0 bridgehead atoms. The second kappa shape index (κ2) is 9.23. The zero-order valence-corrected chi connectivity index (χ0v) is 15.9. The molecule has 0 unspecified atom stereocenters. The molecule has 1 N–H and O–H groups in total. The maximum Gasteiger partial charge on any atom is 0.255 e. The number of piperidine rings is 1. The number of carbonyl (C=O) groups excluding carboxylic acids is 1. The first-order chi connectivity index (χ1) is 11.7. The van der Waals surface area contributed by atoms with Crippen molar-refractivity contribution in [2.45, 2.75) is 12.8 Å². The van der Waals surface area contributed by atoms with Gasteiger partial charge in [0.1, 0.15) is 0 Å². The van der Waals surface area contributed by atoms with Crippen molar-refractivity contribution in [2.24, 2.45) is 5.92 Å². The molecule has 1 aliphatic heterocycles. The van der Waals surface area contributed by atoms with Gasteiger partial charge in [-0.15, -0.1) is 12.4 Å². The number of benzene rings is 2. The van der Waals surface area contributed by atoms with E-state index < -0.39 is 0 Å². The van der Waals surface area contributed by atoms with Crippen molar-refractivity contribution in [3.63, 3.8) is 0 Å². The van der Waals surface area contributed by atoms with Crippen LogP contribution in [0, 0.1) is 5.92 Å². The third-order valence-electron chi connectivity index (χ3n) is 4.70. The summed E-state index contributed by atoms with van der Waals surface area (Å²) in [6.07, 6.45) is 2.09. The van der Waals surface area contributed by atoms with Crippen LogP contribution in [0.2, 0.25) is 5.02 Å². The Morgan fingerprint density at radius 2 is 1.80 bits per heavy atom. The second-order valence-electron chi connectivity index (χ2n) is 6.35. The fourth-order valence-electron chi connectivity index (χ4n) is 3.30. The van der Waals surface area contributed by atoms with Gasteiger partial charge in [-0.2, -0.15) is 0 Å². The molecular weight excluding hydrogens is 355 g/mol. The maximum atomic E-state index is 12.9. The molecule has 1 saturated heterocycles. The predicted molar refractivity (Wildman–Crippen MR) is 107 cm³/mol. The van der Waals surface area contributed by atoms with E-state index in [1.807, 2.05) is 60.5 Å². The maximum absolute atomic E-state index is 12.9. The van der Waals surface area contributed by atoms with Gasteiger partial charge in [-0.3, -0.25) is 4.79 Å². The summed E-state index contributed by atoms with van der Waals surface area (Å²) in [5, 5.41) is 3.75. The molecule has 2 aromatic carbocycles. The first-order valence-electron chi connectivity index (χ1n) is 8.48. The van der Waals surface area contributed by atoms with E-state index in [2.05, 4.69) is 5.32 Å². The van der Waals surface area contributed by atoms with Gasteiger partial charge < -0.3 is 10.2 Å². The minimum atomic E-state index is 0. The number of hydrogen-bond donors (Lipinski definition) is 1. The Morgan fingerprint density at radius 3 is 2.44 bits per heavy atom. The van der Waals surface area contributed by atoms with Crippen LogP contribution in [0.4, 0.5) is 0 Å². The molecule has 1 heterocycles. The molecule has 5 heteroatoms. The van der Waals surface area contributed by atoms with Gasteiger partial charge in [0.05, 0.1) is 10.6 Å². The zero-order valence-electron chi connectivity index (χ0n) is 14.4. The van der Waals surface area contributed by atoms with Crippen molar-refractivity contribution < 1.29 is 4.79 Å². The van der Waals surface area contributed by atoms with E-state index in [0.717, 1.165) is 43.6 Å². The minimum absolute atomic E-state index is 0. The highest BCUT2D eigenvalue weighted by Crippen LogP contribution is 2.27. The molecule has 1 aliphatic rings. The molecule has 134 valence electrons. The molecule has 3 rings (SSSR count). The van der Waals surface area contributed by atoms with Gasteiger partial charge >= 0.3 is 0 Å². The van der Waals surface area contributed by atoms with Gasteiger partial charge in [0.2, 0.25) is 0 Å². The van der Waals surface area contributed by atoms with Crippen molar-refractivity contribution in [1.29, 1.82) is 0 Å². The van der Waals surface area contributed by atoms with Crippen molar-refractivity contribution in [3.8, 4) is 11.1 Å². The highest BCUT2D eigenvalue weighted by molar-refractivity contribution is 6.34. The van der Waals surface area contributed by atoms with E-state index in [1.165, 1.54) is 0 Å². The predicted octanol–water partition coefficient (Wildman–Crippen LogP) is 4.50. The molecule has 0 atom stereocenters. The van der Waals surface area contributed by atoms with E-state index >= 15 is 0 Å². The number of carbonyl (C=O) groups is 1. The van der Waals surface area contributed by atoms with Crippen LogP contribution >= 0.6 is 24.0 Å². The zero-order chi connectivity index (χ0) is 16.9. The van der Waals surface area contributed by atoms with Crippen LogP contribution < -0.4 is 5.32 Å². The molecule has 3 nitrogen and oxygen atoms in total. The average molecular weight is 379 g/mol. The first-order valence-corrected chi connectivity index (χ1v) is 8.85. The van der Waals surface area contributed by atoms with Gasteiger partial charge in [0.15, 0.2) is 0 Å². The summed E-state index contributed by atoms with van der Waals surface area (Å²) in [6, 6.07) is 15.8. The Labute approximate surface area is 160 Å². The summed E-state index contributed by atoms with van der Waals surface area (Å²) in [5.41, 5.74) is 2.72. The summed E-state index contributed by atoms with van der Waals surface area (Å²) in [6.45, 7) is 2.63. The number of nitrogens with one attached hydrogen (secondary N) is 1. The molecule has 0 radical (unpaired) electrons. The van der Waals surface area contributed by atoms with Crippen LogP contribution in [-0.2, 0) is 0 Å². The number of likely N-dealkylation sites (tertiary alicyclic amines) is 1. The van der Waals surface area contributed by atoms with Crippen molar-refractivity contribution in [2.75, 3.05) is 26.7 Å².